The minimum Gasteiger partial charge on any atom is -0.494 e. The first-order valence-electron chi connectivity index (χ1n) is 16.9. The molecule has 2 heterocycles. The second kappa shape index (κ2) is 16.9. The molecule has 2 aliphatic rings. The van der Waals surface area contributed by atoms with Crippen molar-refractivity contribution in [3.8, 4) is 5.75 Å². The summed E-state index contributed by atoms with van der Waals surface area (Å²) in [6, 6.07) is 11.8. The average Bonchev–Trinajstić information content (AvgIpc) is 3.01. The van der Waals surface area contributed by atoms with Crippen molar-refractivity contribution in [3.05, 3.63) is 52.0 Å². The molecule has 0 radical (unpaired) electrons. The van der Waals surface area contributed by atoms with E-state index in [1.54, 1.807) is 9.80 Å². The summed E-state index contributed by atoms with van der Waals surface area (Å²) in [7, 11) is 0. The SMILES string of the molecule is CC(C)CCN(C(=O)OC(C(C)C)N1C(=O)CCc2ccc(OCCCCN3CCN(c4cccc(Cl)c4Cl)CC3)cc21)C(C)C. The molecule has 0 aliphatic carbocycles. The van der Waals surface area contributed by atoms with Gasteiger partial charge in [0.1, 0.15) is 5.75 Å². The third-order valence-corrected chi connectivity index (χ3v) is 9.64. The largest absolute Gasteiger partial charge is 0.494 e. The predicted molar refractivity (Wildman–Crippen MR) is 188 cm³/mol. The molecule has 8 nitrogen and oxygen atoms in total. The van der Waals surface area contributed by atoms with Gasteiger partial charge in [-0.1, -0.05) is 63.0 Å². The zero-order chi connectivity index (χ0) is 33.4. The van der Waals surface area contributed by atoms with Crippen molar-refractivity contribution < 1.29 is 19.1 Å². The Morgan fingerprint density at radius 1 is 0.935 bits per heavy atom. The molecular weight excluding hydrogens is 623 g/mol. The number of piperazine rings is 1. The number of rotatable bonds is 14. The van der Waals surface area contributed by atoms with Crippen molar-refractivity contribution in [1.82, 2.24) is 9.80 Å². The number of hydrogen-bond donors (Lipinski definition) is 0. The highest BCUT2D eigenvalue weighted by Crippen LogP contribution is 2.36. The summed E-state index contributed by atoms with van der Waals surface area (Å²) in [5, 5.41) is 1.22. The Hall–Kier alpha value is -2.68. The molecule has 0 spiro atoms. The summed E-state index contributed by atoms with van der Waals surface area (Å²) in [4.78, 5) is 35.0. The molecule has 10 heteroatoms. The van der Waals surface area contributed by atoms with Gasteiger partial charge in [-0.05, 0) is 75.8 Å². The Labute approximate surface area is 285 Å². The minimum absolute atomic E-state index is 0.000945. The van der Waals surface area contributed by atoms with Crippen molar-refractivity contribution in [2.45, 2.75) is 85.9 Å². The molecule has 1 fully saturated rings. The van der Waals surface area contributed by atoms with Crippen molar-refractivity contribution in [2.24, 2.45) is 11.8 Å². The number of aryl methyl sites for hydroxylation is 1. The smallest absolute Gasteiger partial charge is 0.411 e. The van der Waals surface area contributed by atoms with Crippen molar-refractivity contribution in [1.29, 1.82) is 0 Å². The fourth-order valence-corrected chi connectivity index (χ4v) is 6.45. The van der Waals surface area contributed by atoms with Crippen LogP contribution in [0.15, 0.2) is 36.4 Å². The molecule has 0 aromatic heterocycles. The number of ether oxygens (including phenoxy) is 2. The first-order valence-corrected chi connectivity index (χ1v) is 17.7. The molecule has 2 aromatic rings. The van der Waals surface area contributed by atoms with Crippen LogP contribution in [0.5, 0.6) is 5.75 Å². The monoisotopic (exact) mass is 674 g/mol. The zero-order valence-electron chi connectivity index (χ0n) is 28.4. The molecule has 1 unspecified atom stereocenters. The van der Waals surface area contributed by atoms with Gasteiger partial charge in [-0.15, -0.1) is 0 Å². The van der Waals surface area contributed by atoms with Crippen LogP contribution in [0.3, 0.4) is 0 Å². The van der Waals surface area contributed by atoms with Gasteiger partial charge in [-0.25, -0.2) is 4.79 Å². The van der Waals surface area contributed by atoms with Gasteiger partial charge >= 0.3 is 6.09 Å². The Balaban J connectivity index is 1.31. The Kier molecular flexibility index (Phi) is 13.3. The highest BCUT2D eigenvalue weighted by atomic mass is 35.5. The van der Waals surface area contributed by atoms with Crippen LogP contribution in [-0.4, -0.2) is 79.9 Å². The molecule has 46 heavy (non-hydrogen) atoms. The quantitative estimate of drug-likeness (QED) is 0.189. The fourth-order valence-electron chi connectivity index (χ4n) is 6.04. The number of hydrogen-bond acceptors (Lipinski definition) is 6. The average molecular weight is 676 g/mol. The van der Waals surface area contributed by atoms with Crippen LogP contribution in [0, 0.1) is 11.8 Å². The van der Waals surface area contributed by atoms with Gasteiger partial charge in [0.2, 0.25) is 5.91 Å². The van der Waals surface area contributed by atoms with E-state index in [4.69, 9.17) is 32.7 Å². The maximum Gasteiger partial charge on any atom is 0.411 e. The van der Waals surface area contributed by atoms with Crippen LogP contribution in [0.1, 0.15) is 72.8 Å². The molecule has 4 rings (SSSR count). The van der Waals surface area contributed by atoms with Crippen molar-refractivity contribution >= 4 is 46.6 Å². The van der Waals surface area contributed by atoms with Gasteiger partial charge in [0.15, 0.2) is 6.23 Å². The number of amides is 2. The number of unbranched alkanes of at least 4 members (excludes halogenated alkanes) is 1. The second-order valence-corrected chi connectivity index (χ2v) is 14.3. The number of nitrogens with zero attached hydrogens (tertiary/aromatic N) is 4. The van der Waals surface area contributed by atoms with Crippen LogP contribution >= 0.6 is 23.2 Å². The lowest BCUT2D eigenvalue weighted by Crippen LogP contribution is -2.51. The summed E-state index contributed by atoms with van der Waals surface area (Å²) < 4.78 is 12.3. The number of carbonyl (C=O) groups excluding carboxylic acids is 2. The molecule has 2 amide bonds. The highest BCUT2D eigenvalue weighted by Gasteiger charge is 2.36. The van der Waals surface area contributed by atoms with E-state index >= 15 is 0 Å². The molecule has 2 aromatic carbocycles. The molecule has 2 aliphatic heterocycles. The molecule has 1 atom stereocenters. The lowest BCUT2D eigenvalue weighted by Gasteiger charge is -2.39. The fraction of sp³-hybridized carbons (Fsp3) is 0.611. The van der Waals surface area contributed by atoms with Gasteiger partial charge in [-0.2, -0.15) is 0 Å². The normalized spacial score (nSPS) is 16.3. The summed E-state index contributed by atoms with van der Waals surface area (Å²) in [6.07, 6.45) is 2.81. The van der Waals surface area contributed by atoms with Gasteiger partial charge < -0.3 is 19.3 Å². The Morgan fingerprint density at radius 3 is 2.35 bits per heavy atom. The van der Waals surface area contributed by atoms with E-state index in [0.29, 0.717) is 42.0 Å². The lowest BCUT2D eigenvalue weighted by molar-refractivity contribution is -0.121. The second-order valence-electron chi connectivity index (χ2n) is 13.5. The summed E-state index contributed by atoms with van der Waals surface area (Å²) in [6.45, 7) is 18.3. The van der Waals surface area contributed by atoms with Crippen LogP contribution in [0.2, 0.25) is 10.0 Å². The van der Waals surface area contributed by atoms with E-state index in [1.807, 2.05) is 64.1 Å². The van der Waals surface area contributed by atoms with Crippen LogP contribution in [-0.2, 0) is 16.0 Å². The third kappa shape index (κ3) is 9.45. The van der Waals surface area contributed by atoms with E-state index in [9.17, 15) is 9.59 Å². The van der Waals surface area contributed by atoms with Gasteiger partial charge in [0.05, 0.1) is 28.0 Å². The molecule has 0 N–H and O–H groups in total. The van der Waals surface area contributed by atoms with E-state index in [-0.39, 0.29) is 24.0 Å². The number of fused-ring (bicyclic) bond motifs is 1. The van der Waals surface area contributed by atoms with Gasteiger partial charge in [0.25, 0.3) is 0 Å². The van der Waals surface area contributed by atoms with Crippen LogP contribution in [0.4, 0.5) is 16.2 Å². The summed E-state index contributed by atoms with van der Waals surface area (Å²) >= 11 is 12.7. The van der Waals surface area contributed by atoms with Gasteiger partial charge in [-0.3, -0.25) is 14.6 Å². The number of halogens is 2. The highest BCUT2D eigenvalue weighted by molar-refractivity contribution is 6.43. The van der Waals surface area contributed by atoms with E-state index in [2.05, 4.69) is 23.6 Å². The molecular formula is C36H52Cl2N4O4. The number of carbonyl (C=O) groups is 2. The third-order valence-electron chi connectivity index (χ3n) is 8.83. The number of benzene rings is 2. The molecule has 254 valence electrons. The van der Waals surface area contributed by atoms with Crippen molar-refractivity contribution in [2.75, 3.05) is 55.7 Å². The minimum atomic E-state index is -0.704. The molecule has 0 bridgehead atoms. The van der Waals surface area contributed by atoms with Gasteiger partial charge in [0, 0.05) is 57.2 Å². The van der Waals surface area contributed by atoms with Crippen LogP contribution < -0.4 is 14.5 Å². The van der Waals surface area contributed by atoms with E-state index in [1.165, 1.54) is 0 Å². The number of anilines is 2. The van der Waals surface area contributed by atoms with Crippen LogP contribution in [0.25, 0.3) is 0 Å². The maximum atomic E-state index is 13.4. The van der Waals surface area contributed by atoms with E-state index in [0.717, 1.165) is 74.7 Å². The zero-order valence-corrected chi connectivity index (χ0v) is 29.9. The summed E-state index contributed by atoms with van der Waals surface area (Å²) in [5.74, 6) is 1.07. The first-order chi connectivity index (χ1) is 22.0. The van der Waals surface area contributed by atoms with Crippen molar-refractivity contribution in [3.63, 3.8) is 0 Å². The molecule has 1 saturated heterocycles. The Morgan fingerprint density at radius 2 is 1.67 bits per heavy atom. The Bertz CT molecular complexity index is 1310. The summed E-state index contributed by atoms with van der Waals surface area (Å²) in [5.41, 5.74) is 2.84. The lowest BCUT2D eigenvalue weighted by atomic mass is 9.98. The maximum absolute atomic E-state index is 13.4. The topological polar surface area (TPSA) is 65.6 Å². The molecule has 0 saturated carbocycles. The first kappa shape index (κ1) is 36.2. The predicted octanol–water partition coefficient (Wildman–Crippen LogP) is 8.13. The van der Waals surface area contributed by atoms with E-state index < -0.39 is 6.23 Å². The standard InChI is InChI=1S/C36H52Cl2N4O4/c1-25(2)16-18-41(27(5)6)36(44)46-35(26(3)4)42-32-24-29(14-12-28(32)13-15-33(42)43)45-23-8-7-17-39-19-21-40(22-20-39)31-11-9-10-30(37)34(31)38/h9-12,14,24-27,35H,7-8,13,15-23H2,1-6H3.